The predicted molar refractivity (Wildman–Crippen MR) is 98.4 cm³/mol. The molecular formula is C20H20N4. The fraction of sp³-hybridized carbons (Fsp3) is 0.150. The Balaban J connectivity index is 1.89. The van der Waals surface area contributed by atoms with Crippen LogP contribution >= 0.6 is 0 Å². The third-order valence-electron chi connectivity index (χ3n) is 4.01. The average molecular weight is 316 g/mol. The van der Waals surface area contributed by atoms with E-state index in [2.05, 4.69) is 63.5 Å². The molecule has 4 nitrogen and oxygen atoms in total. The summed E-state index contributed by atoms with van der Waals surface area (Å²) in [6.07, 6.45) is 2.39. The first-order valence-electron chi connectivity index (χ1n) is 7.86. The van der Waals surface area contributed by atoms with Crippen LogP contribution in [0.25, 0.3) is 0 Å². The number of anilines is 1. The molecular weight excluding hydrogens is 296 g/mol. The first-order chi connectivity index (χ1) is 11.7. The molecule has 3 aromatic rings. The normalized spacial score (nSPS) is 11.5. The van der Waals surface area contributed by atoms with E-state index in [0.29, 0.717) is 5.82 Å². The van der Waals surface area contributed by atoms with Gasteiger partial charge in [-0.1, -0.05) is 54.6 Å². The molecule has 4 heteroatoms. The van der Waals surface area contributed by atoms with Crippen LogP contribution in [0.2, 0.25) is 0 Å². The Morgan fingerprint density at radius 2 is 1.62 bits per heavy atom. The van der Waals surface area contributed by atoms with Crippen molar-refractivity contribution in [3.8, 4) is 0 Å². The molecule has 0 radical (unpaired) electrons. The molecule has 1 heterocycles. The Labute approximate surface area is 142 Å². The van der Waals surface area contributed by atoms with E-state index in [9.17, 15) is 0 Å². The number of benzene rings is 2. The summed E-state index contributed by atoms with van der Waals surface area (Å²) in [7, 11) is 1.76. The molecule has 0 aliphatic heterocycles. The van der Waals surface area contributed by atoms with Crippen molar-refractivity contribution in [2.45, 2.75) is 13.3 Å². The monoisotopic (exact) mass is 316 g/mol. The number of aliphatic imine (C=N–C) groups is 1. The van der Waals surface area contributed by atoms with E-state index in [1.165, 1.54) is 17.5 Å². The third-order valence-corrected chi connectivity index (χ3v) is 4.01. The van der Waals surface area contributed by atoms with Crippen LogP contribution in [0.4, 0.5) is 5.82 Å². The molecule has 0 saturated heterocycles. The zero-order chi connectivity index (χ0) is 16.9. The summed E-state index contributed by atoms with van der Waals surface area (Å²) in [6.45, 7) is 1.92. The van der Waals surface area contributed by atoms with Crippen molar-refractivity contribution in [2.75, 3.05) is 12.8 Å². The first kappa shape index (κ1) is 15.9. The predicted octanol–water partition coefficient (Wildman–Crippen LogP) is 3.43. The molecule has 0 amide bonds. The smallest absolute Gasteiger partial charge is 0.136 e. The lowest BCUT2D eigenvalue weighted by Crippen LogP contribution is -2.12. The van der Waals surface area contributed by atoms with E-state index in [-0.39, 0.29) is 0 Å². The van der Waals surface area contributed by atoms with Gasteiger partial charge in [-0.2, -0.15) is 0 Å². The highest BCUT2D eigenvalue weighted by Crippen LogP contribution is 2.19. The number of nitrogens with two attached hydrogens (primary N) is 1. The second-order valence-corrected chi connectivity index (χ2v) is 5.65. The van der Waals surface area contributed by atoms with E-state index >= 15 is 0 Å². The van der Waals surface area contributed by atoms with Crippen molar-refractivity contribution in [2.24, 2.45) is 4.99 Å². The molecule has 2 aromatic carbocycles. The number of nitrogen functional groups attached to an aromatic ring is 1. The van der Waals surface area contributed by atoms with Crippen molar-refractivity contribution in [1.82, 2.24) is 9.97 Å². The maximum atomic E-state index is 6.04. The van der Waals surface area contributed by atoms with Crippen molar-refractivity contribution < 1.29 is 0 Å². The minimum Gasteiger partial charge on any atom is -0.383 e. The summed E-state index contributed by atoms with van der Waals surface area (Å²) in [5.41, 5.74) is 12.1. The molecule has 0 bridgehead atoms. The summed E-state index contributed by atoms with van der Waals surface area (Å²) in [4.78, 5) is 12.7. The SMILES string of the molecule is CN=C(c1ccc(Cc2ccccc2)cc1)c1c(C)ncnc1N. The van der Waals surface area contributed by atoms with Gasteiger partial charge in [-0.3, -0.25) is 4.99 Å². The van der Waals surface area contributed by atoms with Gasteiger partial charge in [-0.25, -0.2) is 9.97 Å². The molecule has 2 N–H and O–H groups in total. The van der Waals surface area contributed by atoms with Gasteiger partial charge in [0.2, 0.25) is 0 Å². The largest absolute Gasteiger partial charge is 0.383 e. The van der Waals surface area contributed by atoms with Crippen LogP contribution in [0.3, 0.4) is 0 Å². The topological polar surface area (TPSA) is 64.2 Å². The first-order valence-corrected chi connectivity index (χ1v) is 7.86. The number of hydrogen-bond donors (Lipinski definition) is 1. The van der Waals surface area contributed by atoms with Gasteiger partial charge in [0, 0.05) is 12.6 Å². The fourth-order valence-electron chi connectivity index (χ4n) is 2.78. The zero-order valence-electron chi connectivity index (χ0n) is 13.9. The highest BCUT2D eigenvalue weighted by Gasteiger charge is 2.14. The van der Waals surface area contributed by atoms with Crippen LogP contribution < -0.4 is 5.73 Å². The maximum absolute atomic E-state index is 6.04. The van der Waals surface area contributed by atoms with E-state index in [1.54, 1.807) is 7.05 Å². The zero-order valence-corrected chi connectivity index (χ0v) is 13.9. The molecule has 0 spiro atoms. The van der Waals surface area contributed by atoms with Crippen molar-refractivity contribution in [1.29, 1.82) is 0 Å². The minimum atomic E-state index is 0.455. The van der Waals surface area contributed by atoms with Gasteiger partial charge in [-0.15, -0.1) is 0 Å². The quantitative estimate of drug-likeness (QED) is 0.750. The van der Waals surface area contributed by atoms with Crippen LogP contribution in [0, 0.1) is 6.92 Å². The molecule has 3 rings (SSSR count). The fourth-order valence-corrected chi connectivity index (χ4v) is 2.78. The average Bonchev–Trinajstić information content (AvgIpc) is 2.60. The van der Waals surface area contributed by atoms with Gasteiger partial charge >= 0.3 is 0 Å². The number of rotatable bonds is 4. The Kier molecular flexibility index (Phi) is 4.66. The van der Waals surface area contributed by atoms with E-state index in [4.69, 9.17) is 5.73 Å². The molecule has 24 heavy (non-hydrogen) atoms. The Bertz CT molecular complexity index is 832. The molecule has 0 aliphatic carbocycles. The number of nitrogens with zero attached hydrogens (tertiary/aromatic N) is 3. The van der Waals surface area contributed by atoms with Crippen molar-refractivity contribution >= 4 is 11.5 Å². The van der Waals surface area contributed by atoms with Gasteiger partial charge in [0.25, 0.3) is 0 Å². The van der Waals surface area contributed by atoms with E-state index < -0.39 is 0 Å². The Hall–Kier alpha value is -3.01. The number of aromatic nitrogens is 2. The van der Waals surface area contributed by atoms with Crippen LogP contribution in [-0.4, -0.2) is 22.7 Å². The standard InChI is InChI=1S/C20H20N4/c1-14-18(20(21)24-13-23-14)19(22-2)17-10-8-16(9-11-17)12-15-6-4-3-5-7-15/h3-11,13H,12H2,1-2H3,(H2,21,23,24). The molecule has 0 saturated carbocycles. The second-order valence-electron chi connectivity index (χ2n) is 5.65. The van der Waals surface area contributed by atoms with Gasteiger partial charge in [0.05, 0.1) is 17.0 Å². The van der Waals surface area contributed by atoms with Crippen LogP contribution in [0.15, 0.2) is 65.9 Å². The highest BCUT2D eigenvalue weighted by molar-refractivity contribution is 6.15. The van der Waals surface area contributed by atoms with Crippen LogP contribution in [-0.2, 0) is 6.42 Å². The summed E-state index contributed by atoms with van der Waals surface area (Å²) < 4.78 is 0. The van der Waals surface area contributed by atoms with Crippen molar-refractivity contribution in [3.63, 3.8) is 0 Å². The Morgan fingerprint density at radius 1 is 0.958 bits per heavy atom. The van der Waals surface area contributed by atoms with E-state index in [1.807, 2.05) is 13.0 Å². The number of aryl methyl sites for hydroxylation is 1. The lowest BCUT2D eigenvalue weighted by molar-refractivity contribution is 1.10. The third kappa shape index (κ3) is 3.33. The highest BCUT2D eigenvalue weighted by atomic mass is 14.9. The van der Waals surface area contributed by atoms with Gasteiger partial charge in [0.1, 0.15) is 12.1 Å². The lowest BCUT2D eigenvalue weighted by Gasteiger charge is -2.11. The summed E-state index contributed by atoms with van der Waals surface area (Å²) in [5.74, 6) is 0.455. The summed E-state index contributed by atoms with van der Waals surface area (Å²) in [6, 6.07) is 18.8. The molecule has 0 aliphatic rings. The molecule has 0 unspecified atom stereocenters. The molecule has 0 atom stereocenters. The van der Waals surface area contributed by atoms with Gasteiger partial charge in [-0.05, 0) is 24.5 Å². The second kappa shape index (κ2) is 7.04. The Morgan fingerprint density at radius 3 is 2.25 bits per heavy atom. The summed E-state index contributed by atoms with van der Waals surface area (Å²) >= 11 is 0. The van der Waals surface area contributed by atoms with Gasteiger partial charge < -0.3 is 5.73 Å². The van der Waals surface area contributed by atoms with Crippen LogP contribution in [0.5, 0.6) is 0 Å². The lowest BCUT2D eigenvalue weighted by atomic mass is 9.98. The molecule has 120 valence electrons. The van der Waals surface area contributed by atoms with Gasteiger partial charge in [0.15, 0.2) is 0 Å². The summed E-state index contributed by atoms with van der Waals surface area (Å²) in [5, 5.41) is 0. The maximum Gasteiger partial charge on any atom is 0.136 e. The van der Waals surface area contributed by atoms with Crippen LogP contribution in [0.1, 0.15) is 27.9 Å². The molecule has 1 aromatic heterocycles. The van der Waals surface area contributed by atoms with E-state index in [0.717, 1.165) is 29.0 Å². The number of hydrogen-bond acceptors (Lipinski definition) is 4. The van der Waals surface area contributed by atoms with Crippen molar-refractivity contribution in [3.05, 3.63) is 88.9 Å². The molecule has 0 fully saturated rings. The minimum absolute atomic E-state index is 0.455.